The van der Waals surface area contributed by atoms with Crippen molar-refractivity contribution in [1.82, 2.24) is 9.13 Å². The van der Waals surface area contributed by atoms with Crippen LogP contribution in [0, 0.1) is 0 Å². The molecule has 0 amide bonds. The number of anilines is 6. The number of aromatic nitrogens is 2. The van der Waals surface area contributed by atoms with Crippen molar-refractivity contribution in [2.75, 3.05) is 9.80 Å². The molecule has 6 aromatic heterocycles. The van der Waals surface area contributed by atoms with Gasteiger partial charge in [0, 0.05) is 122 Å². The molecule has 25 rings (SSSR count). The van der Waals surface area contributed by atoms with Gasteiger partial charge in [-0.05, 0) is 224 Å². The fourth-order valence-electron chi connectivity index (χ4n) is 18.8. The number of benzene rings is 19. The number of hydrogen-bond acceptors (Lipinski definition) is 6. The Balaban J connectivity index is 0.657. The zero-order valence-corrected chi connectivity index (χ0v) is 65.8. The lowest BCUT2D eigenvalue weighted by atomic mass is 10.0. The Hall–Kier alpha value is -16.4. The topological polar surface area (TPSA) is 68.9 Å². The van der Waals surface area contributed by atoms with Crippen molar-refractivity contribution >= 4 is 165 Å². The van der Waals surface area contributed by atoms with Crippen LogP contribution in [0.25, 0.3) is 210 Å². The standard InChI is InChI=1S/C114H70N4O4/c1-3-19-89(20-4-1)115(93-51-43-77-59-87(37-35-79(77)61-93)111-67-85-17-9-13-25-107(85)121-111)95-53-57-97-81(63-95)45-55-99-101-69-104-102(70-103(101)117(113(97)99)91-47-39-73(40-48-91)71-27-31-75(32-28-71)109-65-83-15-7-11-23-105(83)119-109)100-56-46-82-64-96(116(90-21-5-2-6-22-90)94-52-44-78-60-88(38-36-80(78)62-94)112-68-86-18-10-14-26-108(86)122-112)54-58-98(82)114(100)118(104)92-49-41-74(42-50-92)72-29-33-76(34-30-72)110-66-84-16-8-12-24-106(84)120-110/h1-70H. The number of fused-ring (bicyclic) bond motifs is 16. The second-order valence-electron chi connectivity index (χ2n) is 32.0. The zero-order chi connectivity index (χ0) is 80.0. The number of para-hydroxylation sites is 6. The highest BCUT2D eigenvalue weighted by Gasteiger charge is 2.26. The van der Waals surface area contributed by atoms with E-state index in [-0.39, 0.29) is 0 Å². The molecule has 8 nitrogen and oxygen atoms in total. The monoisotopic (exact) mass is 1560 g/mol. The van der Waals surface area contributed by atoms with Crippen LogP contribution in [0.15, 0.2) is 442 Å². The van der Waals surface area contributed by atoms with Crippen LogP contribution in [0.3, 0.4) is 0 Å². The lowest BCUT2D eigenvalue weighted by molar-refractivity contribution is 0.631. The van der Waals surface area contributed by atoms with Gasteiger partial charge in [-0.25, -0.2) is 0 Å². The molecule has 0 aliphatic carbocycles. The van der Waals surface area contributed by atoms with E-state index in [2.05, 4.69) is 395 Å². The Morgan fingerprint density at radius 1 is 0.164 bits per heavy atom. The molecule has 0 N–H and O–H groups in total. The van der Waals surface area contributed by atoms with Gasteiger partial charge in [-0.3, -0.25) is 0 Å². The Labute approximate surface area is 700 Å². The van der Waals surface area contributed by atoms with E-state index < -0.39 is 0 Å². The van der Waals surface area contributed by atoms with Gasteiger partial charge in [0.15, 0.2) is 0 Å². The molecule has 0 aliphatic heterocycles. The maximum Gasteiger partial charge on any atom is 0.135 e. The first-order chi connectivity index (χ1) is 60.4. The Kier molecular flexibility index (Phi) is 15.6. The Morgan fingerprint density at radius 2 is 0.434 bits per heavy atom. The number of hydrogen-bond donors (Lipinski definition) is 0. The minimum absolute atomic E-state index is 0.851. The largest absolute Gasteiger partial charge is 0.456 e. The van der Waals surface area contributed by atoms with Crippen LogP contribution in [0.5, 0.6) is 0 Å². The minimum Gasteiger partial charge on any atom is -0.456 e. The van der Waals surface area contributed by atoms with E-state index in [9.17, 15) is 0 Å². The molecule has 0 aliphatic rings. The van der Waals surface area contributed by atoms with Gasteiger partial charge < -0.3 is 36.6 Å². The molecular formula is C114H70N4O4. The summed E-state index contributed by atoms with van der Waals surface area (Å²) in [5.41, 5.74) is 25.1. The maximum absolute atomic E-state index is 6.36. The van der Waals surface area contributed by atoms with Gasteiger partial charge in [-0.15, -0.1) is 0 Å². The second kappa shape index (κ2) is 27.6. The van der Waals surface area contributed by atoms with E-state index in [1.165, 1.54) is 0 Å². The molecule has 122 heavy (non-hydrogen) atoms. The van der Waals surface area contributed by atoms with Gasteiger partial charge in [0.05, 0.1) is 22.1 Å². The molecule has 25 aromatic rings. The molecule has 0 saturated heterocycles. The lowest BCUT2D eigenvalue weighted by Crippen LogP contribution is -2.09. The highest BCUT2D eigenvalue weighted by molar-refractivity contribution is 6.26. The van der Waals surface area contributed by atoms with Crippen molar-refractivity contribution in [3.63, 3.8) is 0 Å². The number of furan rings is 4. The fraction of sp³-hybridized carbons (Fsp3) is 0. The molecular weight excluding hydrogens is 1490 g/mol. The highest BCUT2D eigenvalue weighted by atomic mass is 16.3. The second-order valence-corrected chi connectivity index (χ2v) is 32.0. The summed E-state index contributed by atoms with van der Waals surface area (Å²) >= 11 is 0. The van der Waals surface area contributed by atoms with Crippen molar-refractivity contribution in [3.05, 3.63) is 425 Å². The first kappa shape index (κ1) is 68.8. The summed E-state index contributed by atoms with van der Waals surface area (Å²) in [6.45, 7) is 0. The van der Waals surface area contributed by atoms with Crippen LogP contribution in [-0.4, -0.2) is 9.13 Å². The van der Waals surface area contributed by atoms with E-state index in [0.29, 0.717) is 0 Å². The van der Waals surface area contributed by atoms with Gasteiger partial charge in [-0.2, -0.15) is 0 Å². The molecule has 0 radical (unpaired) electrons. The minimum atomic E-state index is 0.851. The molecule has 0 bridgehead atoms. The Bertz CT molecular complexity index is 7870. The molecule has 0 unspecified atom stereocenters. The Morgan fingerprint density at radius 3 is 0.795 bits per heavy atom. The molecule has 0 atom stereocenters. The smallest absolute Gasteiger partial charge is 0.135 e. The fourth-order valence-corrected chi connectivity index (χ4v) is 18.8. The molecule has 0 spiro atoms. The summed E-state index contributed by atoms with van der Waals surface area (Å²) in [6.07, 6.45) is 0. The molecule has 0 saturated carbocycles. The first-order valence-corrected chi connectivity index (χ1v) is 41.4. The SMILES string of the molecule is c1ccc(N(c2ccc3cc(-c4cc5ccccc5o4)ccc3c2)c2ccc3c(ccc4c5cc6c(cc5n(-c5ccc(-c7ccc(-c8cc9ccccc9o8)cc7)cc5)c34)c3ccc4cc(N(c5ccccc5)c5ccc7cc(-c8cc9ccccc9o8)ccc7c5)ccc4c3n6-c3ccc(-c4ccc(-c5cc6ccccc6o5)cc4)cc3)c2)cc1. The van der Waals surface area contributed by atoms with Crippen LogP contribution >= 0.6 is 0 Å². The molecule has 6 heterocycles. The van der Waals surface area contributed by atoms with Gasteiger partial charge in [-0.1, -0.05) is 255 Å². The van der Waals surface area contributed by atoms with Crippen LogP contribution in [0.1, 0.15) is 0 Å². The third kappa shape index (κ3) is 11.5. The average Bonchev–Trinajstić information content (AvgIpc) is 1.54. The van der Waals surface area contributed by atoms with Crippen molar-refractivity contribution in [3.8, 4) is 78.9 Å². The van der Waals surface area contributed by atoms with Crippen molar-refractivity contribution in [2.24, 2.45) is 0 Å². The van der Waals surface area contributed by atoms with E-state index in [4.69, 9.17) is 17.7 Å². The predicted molar refractivity (Wildman–Crippen MR) is 506 cm³/mol. The van der Waals surface area contributed by atoms with Crippen molar-refractivity contribution in [2.45, 2.75) is 0 Å². The predicted octanol–water partition coefficient (Wildman–Crippen LogP) is 32.4. The van der Waals surface area contributed by atoms with Crippen molar-refractivity contribution < 1.29 is 17.7 Å². The zero-order valence-electron chi connectivity index (χ0n) is 65.8. The number of nitrogens with zero attached hydrogens (tertiary/aromatic N) is 4. The lowest BCUT2D eigenvalue weighted by Gasteiger charge is -2.26. The quantitative estimate of drug-likeness (QED) is 0.108. The van der Waals surface area contributed by atoms with Gasteiger partial charge >= 0.3 is 0 Å². The molecule has 0 fully saturated rings. The third-order valence-electron chi connectivity index (χ3n) is 24.8. The van der Waals surface area contributed by atoms with E-state index in [1.807, 2.05) is 48.5 Å². The van der Waals surface area contributed by atoms with Crippen LogP contribution in [0.4, 0.5) is 34.1 Å². The summed E-state index contributed by atoms with van der Waals surface area (Å²) < 4.78 is 30.4. The van der Waals surface area contributed by atoms with Gasteiger partial charge in [0.25, 0.3) is 0 Å². The third-order valence-corrected chi connectivity index (χ3v) is 24.8. The normalized spacial score (nSPS) is 11.9. The van der Waals surface area contributed by atoms with Gasteiger partial charge in [0.1, 0.15) is 45.4 Å². The van der Waals surface area contributed by atoms with Crippen molar-refractivity contribution in [1.29, 1.82) is 0 Å². The first-order valence-electron chi connectivity index (χ1n) is 41.4. The van der Waals surface area contributed by atoms with Gasteiger partial charge in [0.2, 0.25) is 0 Å². The highest BCUT2D eigenvalue weighted by Crippen LogP contribution is 2.49. The summed E-state index contributed by atoms with van der Waals surface area (Å²) in [5.74, 6) is 3.41. The van der Waals surface area contributed by atoms with Crippen LogP contribution in [-0.2, 0) is 0 Å². The van der Waals surface area contributed by atoms with Crippen LogP contribution < -0.4 is 9.80 Å². The summed E-state index contributed by atoms with van der Waals surface area (Å²) in [6, 6.07) is 154. The average molecular weight is 1560 g/mol. The molecule has 19 aromatic carbocycles. The number of rotatable bonds is 14. The summed E-state index contributed by atoms with van der Waals surface area (Å²) in [4.78, 5) is 4.76. The van der Waals surface area contributed by atoms with E-state index >= 15 is 0 Å². The van der Waals surface area contributed by atoms with E-state index in [1.54, 1.807) is 0 Å². The van der Waals surface area contributed by atoms with E-state index in [0.717, 1.165) is 244 Å². The van der Waals surface area contributed by atoms with Crippen LogP contribution in [0.2, 0.25) is 0 Å². The summed E-state index contributed by atoms with van der Waals surface area (Å²) in [7, 11) is 0. The maximum atomic E-state index is 6.36. The summed E-state index contributed by atoms with van der Waals surface area (Å²) in [5, 5.41) is 18.0. The molecule has 570 valence electrons. The molecule has 8 heteroatoms.